The van der Waals surface area contributed by atoms with E-state index in [1.165, 1.54) is 12.8 Å². The zero-order valence-corrected chi connectivity index (χ0v) is 9.24. The number of hydrogen-bond donors (Lipinski definition) is 0. The molecule has 0 amide bonds. The van der Waals surface area contributed by atoms with Crippen LogP contribution in [0.1, 0.15) is 19.3 Å². The summed E-state index contributed by atoms with van der Waals surface area (Å²) in [6.45, 7) is 0.307. The average molecular weight is 226 g/mol. The van der Waals surface area contributed by atoms with Crippen LogP contribution in [-0.4, -0.2) is 15.0 Å². The fraction of sp³-hybridized carbons (Fsp3) is 0.455. The van der Waals surface area contributed by atoms with E-state index in [0.717, 1.165) is 6.42 Å². The Morgan fingerprint density at radius 2 is 1.87 bits per heavy atom. The van der Waals surface area contributed by atoms with E-state index in [-0.39, 0.29) is 4.90 Å². The molecule has 0 spiro atoms. The Kier molecular flexibility index (Phi) is 3.07. The molecular formula is C11H14O3S. The minimum absolute atomic E-state index is 0.237. The first-order chi connectivity index (χ1) is 7.18. The first kappa shape index (κ1) is 10.6. The van der Waals surface area contributed by atoms with Crippen LogP contribution in [0.2, 0.25) is 0 Å². The lowest BCUT2D eigenvalue weighted by Gasteiger charge is -2.04. The minimum Gasteiger partial charge on any atom is -0.266 e. The molecule has 2 rings (SSSR count). The molecular weight excluding hydrogens is 212 g/mol. The fourth-order valence-electron chi connectivity index (χ4n) is 1.39. The molecule has 0 atom stereocenters. The van der Waals surface area contributed by atoms with Gasteiger partial charge in [0.05, 0.1) is 11.5 Å². The van der Waals surface area contributed by atoms with Gasteiger partial charge in [0, 0.05) is 0 Å². The SMILES string of the molecule is O=S(=O)(OCCC1CC1)c1ccccc1. The van der Waals surface area contributed by atoms with Crippen LogP contribution in [0.15, 0.2) is 35.2 Å². The first-order valence-corrected chi connectivity index (χ1v) is 6.54. The molecule has 1 saturated carbocycles. The Hall–Kier alpha value is -0.870. The van der Waals surface area contributed by atoms with Crippen molar-refractivity contribution in [2.24, 2.45) is 5.92 Å². The predicted molar refractivity (Wildman–Crippen MR) is 56.9 cm³/mol. The summed E-state index contributed by atoms with van der Waals surface area (Å²) in [6, 6.07) is 8.26. The van der Waals surface area contributed by atoms with Gasteiger partial charge in [-0.2, -0.15) is 8.42 Å². The number of rotatable bonds is 5. The summed E-state index contributed by atoms with van der Waals surface area (Å²) in [5.41, 5.74) is 0. The van der Waals surface area contributed by atoms with Crippen molar-refractivity contribution < 1.29 is 12.6 Å². The molecule has 1 aliphatic carbocycles. The molecule has 1 fully saturated rings. The predicted octanol–water partition coefficient (Wildman–Crippen LogP) is 2.19. The lowest BCUT2D eigenvalue weighted by atomic mass is 10.3. The zero-order chi connectivity index (χ0) is 10.7. The largest absolute Gasteiger partial charge is 0.296 e. The molecule has 0 unspecified atom stereocenters. The molecule has 15 heavy (non-hydrogen) atoms. The molecule has 3 nitrogen and oxygen atoms in total. The van der Waals surface area contributed by atoms with Crippen LogP contribution < -0.4 is 0 Å². The lowest BCUT2D eigenvalue weighted by molar-refractivity contribution is 0.304. The summed E-state index contributed by atoms with van der Waals surface area (Å²) in [6.07, 6.45) is 3.29. The van der Waals surface area contributed by atoms with Crippen LogP contribution in [-0.2, 0) is 14.3 Å². The van der Waals surface area contributed by atoms with Gasteiger partial charge in [-0.05, 0) is 24.5 Å². The minimum atomic E-state index is -3.53. The molecule has 1 aromatic rings. The standard InChI is InChI=1S/C11H14O3S/c12-15(13,11-4-2-1-3-5-11)14-9-8-10-6-7-10/h1-5,10H,6-9H2. The van der Waals surface area contributed by atoms with Gasteiger partial charge >= 0.3 is 0 Å². The van der Waals surface area contributed by atoms with Gasteiger partial charge in [0.15, 0.2) is 0 Å². The molecule has 0 radical (unpaired) electrons. The smallest absolute Gasteiger partial charge is 0.266 e. The van der Waals surface area contributed by atoms with Gasteiger partial charge in [0.25, 0.3) is 10.1 Å². The highest BCUT2D eigenvalue weighted by molar-refractivity contribution is 7.86. The number of benzene rings is 1. The molecule has 0 aromatic heterocycles. The van der Waals surface area contributed by atoms with Crippen molar-refractivity contribution in [1.82, 2.24) is 0 Å². The van der Waals surface area contributed by atoms with Crippen molar-refractivity contribution >= 4 is 10.1 Å². The van der Waals surface area contributed by atoms with Crippen LogP contribution >= 0.6 is 0 Å². The van der Waals surface area contributed by atoms with Gasteiger partial charge in [-0.3, -0.25) is 4.18 Å². The summed E-state index contributed by atoms with van der Waals surface area (Å²) in [5, 5.41) is 0. The van der Waals surface area contributed by atoms with Crippen LogP contribution in [0.4, 0.5) is 0 Å². The van der Waals surface area contributed by atoms with E-state index in [4.69, 9.17) is 4.18 Å². The van der Waals surface area contributed by atoms with E-state index >= 15 is 0 Å². The van der Waals surface area contributed by atoms with E-state index in [2.05, 4.69) is 0 Å². The second-order valence-electron chi connectivity index (χ2n) is 3.82. The van der Waals surface area contributed by atoms with Crippen molar-refractivity contribution in [3.05, 3.63) is 30.3 Å². The van der Waals surface area contributed by atoms with E-state index in [0.29, 0.717) is 12.5 Å². The Bertz CT molecular complexity index is 407. The van der Waals surface area contributed by atoms with Crippen molar-refractivity contribution in [3.8, 4) is 0 Å². The maximum Gasteiger partial charge on any atom is 0.296 e. The van der Waals surface area contributed by atoms with Gasteiger partial charge in [-0.15, -0.1) is 0 Å². The van der Waals surface area contributed by atoms with E-state index in [9.17, 15) is 8.42 Å². The van der Waals surface area contributed by atoms with Gasteiger partial charge in [0.1, 0.15) is 0 Å². The average Bonchev–Trinajstić information content (AvgIpc) is 3.03. The molecule has 0 aliphatic heterocycles. The molecule has 4 heteroatoms. The zero-order valence-electron chi connectivity index (χ0n) is 8.43. The third-order valence-electron chi connectivity index (χ3n) is 2.49. The van der Waals surface area contributed by atoms with Crippen molar-refractivity contribution in [2.75, 3.05) is 6.61 Å². The highest BCUT2D eigenvalue weighted by Gasteiger charge is 2.22. The van der Waals surface area contributed by atoms with Gasteiger partial charge in [-0.25, -0.2) is 0 Å². The van der Waals surface area contributed by atoms with Crippen LogP contribution in [0.3, 0.4) is 0 Å². The Balaban J connectivity index is 1.93. The molecule has 0 N–H and O–H groups in total. The Morgan fingerprint density at radius 1 is 1.20 bits per heavy atom. The number of hydrogen-bond acceptors (Lipinski definition) is 3. The van der Waals surface area contributed by atoms with Gasteiger partial charge in [0.2, 0.25) is 0 Å². The van der Waals surface area contributed by atoms with Crippen LogP contribution in [0, 0.1) is 5.92 Å². The van der Waals surface area contributed by atoms with Crippen LogP contribution in [0.25, 0.3) is 0 Å². The second kappa shape index (κ2) is 4.33. The second-order valence-corrected chi connectivity index (χ2v) is 5.44. The topological polar surface area (TPSA) is 43.4 Å². The molecule has 0 heterocycles. The summed E-state index contributed by atoms with van der Waals surface area (Å²) in [7, 11) is -3.53. The Labute approximate surface area is 90.2 Å². The fourth-order valence-corrected chi connectivity index (χ4v) is 2.33. The Morgan fingerprint density at radius 3 is 2.47 bits per heavy atom. The highest BCUT2D eigenvalue weighted by Crippen LogP contribution is 2.32. The third kappa shape index (κ3) is 3.04. The molecule has 0 bridgehead atoms. The molecule has 82 valence electrons. The van der Waals surface area contributed by atoms with Crippen LogP contribution in [0.5, 0.6) is 0 Å². The maximum absolute atomic E-state index is 11.6. The normalized spacial score (nSPS) is 16.5. The summed E-state index contributed by atoms with van der Waals surface area (Å²) in [5.74, 6) is 0.691. The maximum atomic E-state index is 11.6. The van der Waals surface area contributed by atoms with Gasteiger partial charge < -0.3 is 0 Å². The van der Waals surface area contributed by atoms with E-state index < -0.39 is 10.1 Å². The summed E-state index contributed by atoms with van der Waals surface area (Å²) in [4.78, 5) is 0.237. The first-order valence-electron chi connectivity index (χ1n) is 5.13. The van der Waals surface area contributed by atoms with E-state index in [1.54, 1.807) is 30.3 Å². The monoisotopic (exact) mass is 226 g/mol. The summed E-state index contributed by atoms with van der Waals surface area (Å²) >= 11 is 0. The quantitative estimate of drug-likeness (QED) is 0.723. The highest BCUT2D eigenvalue weighted by atomic mass is 32.2. The van der Waals surface area contributed by atoms with Crippen molar-refractivity contribution in [3.63, 3.8) is 0 Å². The van der Waals surface area contributed by atoms with Gasteiger partial charge in [-0.1, -0.05) is 31.0 Å². The van der Waals surface area contributed by atoms with Crippen molar-refractivity contribution in [2.45, 2.75) is 24.2 Å². The summed E-state index contributed by atoms with van der Waals surface area (Å²) < 4.78 is 28.2. The van der Waals surface area contributed by atoms with E-state index in [1.807, 2.05) is 0 Å². The van der Waals surface area contributed by atoms with Crippen molar-refractivity contribution in [1.29, 1.82) is 0 Å². The molecule has 1 aliphatic rings. The third-order valence-corrected chi connectivity index (χ3v) is 3.82. The molecule has 0 saturated heterocycles. The lowest BCUT2D eigenvalue weighted by Crippen LogP contribution is -2.07. The molecule has 1 aromatic carbocycles.